The zero-order valence-electron chi connectivity index (χ0n) is 20.2. The fourth-order valence-electron chi connectivity index (χ4n) is 3.47. The Labute approximate surface area is 194 Å². The van der Waals surface area contributed by atoms with Crippen molar-refractivity contribution in [1.29, 1.82) is 0 Å². The normalized spacial score (nSPS) is 15.1. The van der Waals surface area contributed by atoms with Crippen LogP contribution in [0.5, 0.6) is 17.5 Å². The Balaban J connectivity index is 1.66. The Morgan fingerprint density at radius 3 is 2.48 bits per heavy atom. The van der Waals surface area contributed by atoms with Crippen LogP contribution in [0.15, 0.2) is 24.5 Å². The lowest BCUT2D eigenvalue weighted by molar-refractivity contribution is -0.118. The predicted octanol–water partition coefficient (Wildman–Crippen LogP) is 4.49. The van der Waals surface area contributed by atoms with Crippen molar-refractivity contribution in [2.75, 3.05) is 11.9 Å². The topological polar surface area (TPSA) is 112 Å². The van der Waals surface area contributed by atoms with E-state index in [-0.39, 0.29) is 11.4 Å². The molecule has 2 heterocycles. The molecule has 1 aromatic carbocycles. The van der Waals surface area contributed by atoms with Crippen molar-refractivity contribution in [3.63, 3.8) is 0 Å². The second-order valence-corrected chi connectivity index (χ2v) is 9.71. The molecular formula is C24H32N4O5. The molecule has 3 rings (SSSR count). The maximum atomic E-state index is 12.6. The first-order valence-corrected chi connectivity index (χ1v) is 11.0. The highest BCUT2D eigenvalue weighted by atomic mass is 16.6. The van der Waals surface area contributed by atoms with Gasteiger partial charge >= 0.3 is 12.1 Å². The minimum atomic E-state index is -0.756. The third-order valence-corrected chi connectivity index (χ3v) is 5.08. The molecule has 1 aromatic heterocycles. The molecule has 9 heteroatoms. The number of carbonyl (C=O) groups excluding carboxylic acids is 2. The molecule has 1 aliphatic heterocycles. The number of hydrogen-bond acceptors (Lipinski definition) is 7. The van der Waals surface area contributed by atoms with Gasteiger partial charge in [-0.2, -0.15) is 0 Å². The van der Waals surface area contributed by atoms with Gasteiger partial charge in [-0.3, -0.25) is 4.79 Å². The summed E-state index contributed by atoms with van der Waals surface area (Å²) in [6.45, 7) is 13.8. The number of amides is 2. The van der Waals surface area contributed by atoms with E-state index in [1.165, 1.54) is 12.4 Å². The Bertz CT molecular complexity index is 1030. The highest BCUT2D eigenvalue weighted by Gasteiger charge is 2.36. The first-order chi connectivity index (χ1) is 15.4. The SMILES string of the molecule is CCC(NC(=O)OC(C)(C)C)C(=O)Nc1cnc(Oc2ccc(C)c3c2C(C)(C)CO3)nc1. The van der Waals surface area contributed by atoms with Crippen molar-refractivity contribution < 1.29 is 23.8 Å². The highest BCUT2D eigenvalue weighted by molar-refractivity contribution is 5.96. The lowest BCUT2D eigenvalue weighted by Gasteiger charge is -2.22. The van der Waals surface area contributed by atoms with Crippen LogP contribution in [0.1, 0.15) is 59.1 Å². The van der Waals surface area contributed by atoms with Crippen LogP contribution in [-0.2, 0) is 14.9 Å². The number of alkyl carbamates (subject to hydrolysis) is 1. The van der Waals surface area contributed by atoms with Crippen molar-refractivity contribution in [1.82, 2.24) is 15.3 Å². The van der Waals surface area contributed by atoms with Gasteiger partial charge in [0.1, 0.15) is 23.1 Å². The first-order valence-electron chi connectivity index (χ1n) is 11.0. The van der Waals surface area contributed by atoms with Gasteiger partial charge in [-0.15, -0.1) is 0 Å². The highest BCUT2D eigenvalue weighted by Crippen LogP contribution is 2.46. The maximum absolute atomic E-state index is 12.6. The number of rotatable bonds is 6. The van der Waals surface area contributed by atoms with E-state index < -0.39 is 23.6 Å². The van der Waals surface area contributed by atoms with E-state index in [2.05, 4.69) is 34.4 Å². The minimum Gasteiger partial charge on any atom is -0.492 e. The first kappa shape index (κ1) is 24.3. The summed E-state index contributed by atoms with van der Waals surface area (Å²) >= 11 is 0. The summed E-state index contributed by atoms with van der Waals surface area (Å²) in [5.74, 6) is 1.09. The van der Waals surface area contributed by atoms with Crippen LogP contribution in [0.3, 0.4) is 0 Å². The number of nitrogens with one attached hydrogen (secondary N) is 2. The quantitative estimate of drug-likeness (QED) is 0.659. The lowest BCUT2D eigenvalue weighted by Crippen LogP contribution is -2.45. The fraction of sp³-hybridized carbons (Fsp3) is 0.500. The summed E-state index contributed by atoms with van der Waals surface area (Å²) in [5.41, 5.74) is 1.58. The third kappa shape index (κ3) is 5.91. The van der Waals surface area contributed by atoms with E-state index in [9.17, 15) is 9.59 Å². The van der Waals surface area contributed by atoms with Crippen molar-refractivity contribution in [2.45, 2.75) is 71.9 Å². The van der Waals surface area contributed by atoms with Gasteiger partial charge < -0.3 is 24.8 Å². The van der Waals surface area contributed by atoms with Crippen LogP contribution in [0, 0.1) is 6.92 Å². The molecular weight excluding hydrogens is 424 g/mol. The summed E-state index contributed by atoms with van der Waals surface area (Å²) in [6, 6.07) is 3.22. The largest absolute Gasteiger partial charge is 0.492 e. The molecule has 0 fully saturated rings. The monoisotopic (exact) mass is 456 g/mol. The number of hydrogen-bond donors (Lipinski definition) is 2. The zero-order valence-corrected chi connectivity index (χ0v) is 20.2. The summed E-state index contributed by atoms with van der Waals surface area (Å²) in [6.07, 6.45) is 2.65. The molecule has 1 aliphatic rings. The number of benzene rings is 1. The molecule has 178 valence electrons. The van der Waals surface area contributed by atoms with Gasteiger partial charge in [0.05, 0.1) is 24.7 Å². The number of aryl methyl sites for hydroxylation is 1. The van der Waals surface area contributed by atoms with Gasteiger partial charge in [0.25, 0.3) is 0 Å². The van der Waals surface area contributed by atoms with E-state index >= 15 is 0 Å². The molecule has 2 aromatic rings. The van der Waals surface area contributed by atoms with Gasteiger partial charge in [-0.1, -0.05) is 26.8 Å². The van der Waals surface area contributed by atoms with Crippen LogP contribution in [-0.4, -0.2) is 40.2 Å². The number of aromatic nitrogens is 2. The zero-order chi connectivity index (χ0) is 24.4. The maximum Gasteiger partial charge on any atom is 0.408 e. The summed E-state index contributed by atoms with van der Waals surface area (Å²) < 4.78 is 17.0. The van der Waals surface area contributed by atoms with E-state index in [1.54, 1.807) is 27.7 Å². The number of carbonyl (C=O) groups is 2. The van der Waals surface area contributed by atoms with Gasteiger partial charge in [0.2, 0.25) is 5.91 Å². The molecule has 0 spiro atoms. The molecule has 0 aliphatic carbocycles. The Hall–Kier alpha value is -3.36. The second-order valence-electron chi connectivity index (χ2n) is 9.71. The fourth-order valence-corrected chi connectivity index (χ4v) is 3.47. The molecule has 1 unspecified atom stereocenters. The van der Waals surface area contributed by atoms with Crippen molar-refractivity contribution in [3.05, 3.63) is 35.7 Å². The number of anilines is 1. The van der Waals surface area contributed by atoms with Crippen molar-refractivity contribution in [2.24, 2.45) is 0 Å². The Kier molecular flexibility index (Phi) is 6.81. The molecule has 33 heavy (non-hydrogen) atoms. The van der Waals surface area contributed by atoms with Gasteiger partial charge in [-0.05, 0) is 45.7 Å². The molecule has 1 atom stereocenters. The number of fused-ring (bicyclic) bond motifs is 1. The smallest absolute Gasteiger partial charge is 0.408 e. The minimum absolute atomic E-state index is 0.153. The molecule has 0 saturated carbocycles. The molecule has 2 N–H and O–H groups in total. The summed E-state index contributed by atoms with van der Waals surface area (Å²) in [4.78, 5) is 33.0. The third-order valence-electron chi connectivity index (χ3n) is 5.08. The van der Waals surface area contributed by atoms with Crippen LogP contribution in [0.25, 0.3) is 0 Å². The van der Waals surface area contributed by atoms with Gasteiger partial charge in [0, 0.05) is 11.0 Å². The molecule has 0 saturated heterocycles. The summed E-state index contributed by atoms with van der Waals surface area (Å²) in [7, 11) is 0. The van der Waals surface area contributed by atoms with Crippen molar-refractivity contribution >= 4 is 17.7 Å². The standard InChI is InChI=1S/C24H32N4O5/c1-8-16(28-22(30)33-23(3,4)5)20(29)27-15-11-25-21(26-12-15)32-17-10-9-14(2)19-18(17)24(6,7)13-31-19/h9-12,16H,8,13H2,1-7H3,(H,27,29)(H,28,30). The van der Waals surface area contributed by atoms with Crippen LogP contribution in [0.2, 0.25) is 0 Å². The molecule has 0 radical (unpaired) electrons. The van der Waals surface area contributed by atoms with Crippen LogP contribution < -0.4 is 20.1 Å². The number of nitrogens with zero attached hydrogens (tertiary/aromatic N) is 2. The molecule has 0 bridgehead atoms. The lowest BCUT2D eigenvalue weighted by atomic mass is 9.85. The molecule has 9 nitrogen and oxygen atoms in total. The van der Waals surface area contributed by atoms with E-state index in [0.29, 0.717) is 24.5 Å². The Morgan fingerprint density at radius 1 is 1.21 bits per heavy atom. The average molecular weight is 457 g/mol. The van der Waals surface area contributed by atoms with E-state index in [1.807, 2.05) is 19.1 Å². The Morgan fingerprint density at radius 2 is 1.88 bits per heavy atom. The van der Waals surface area contributed by atoms with E-state index in [4.69, 9.17) is 14.2 Å². The van der Waals surface area contributed by atoms with E-state index in [0.717, 1.165) is 16.9 Å². The molecule has 2 amide bonds. The second kappa shape index (κ2) is 9.25. The summed E-state index contributed by atoms with van der Waals surface area (Å²) in [5, 5.41) is 5.28. The number of ether oxygens (including phenoxy) is 3. The predicted molar refractivity (Wildman–Crippen MR) is 124 cm³/mol. The van der Waals surface area contributed by atoms with Crippen LogP contribution >= 0.6 is 0 Å². The van der Waals surface area contributed by atoms with Crippen LogP contribution in [0.4, 0.5) is 10.5 Å². The average Bonchev–Trinajstić information content (AvgIpc) is 3.04. The van der Waals surface area contributed by atoms with Gasteiger partial charge in [-0.25, -0.2) is 14.8 Å². The van der Waals surface area contributed by atoms with Gasteiger partial charge in [0.15, 0.2) is 0 Å². The van der Waals surface area contributed by atoms with Crippen molar-refractivity contribution in [3.8, 4) is 17.5 Å².